The molecule has 0 aromatic heterocycles. The Kier molecular flexibility index (Phi) is 7.49. The Bertz CT molecular complexity index is 352. The Balaban J connectivity index is 2.26. The lowest BCUT2D eigenvalue weighted by Gasteiger charge is -2.23. The number of anilines is 1. The van der Waals surface area contributed by atoms with Crippen molar-refractivity contribution in [2.75, 3.05) is 31.1 Å². The fourth-order valence-electron chi connectivity index (χ4n) is 2.12. The minimum Gasteiger partial charge on any atom is -0.370 e. The van der Waals surface area contributed by atoms with E-state index in [4.69, 9.17) is 0 Å². The molecule has 0 saturated heterocycles. The maximum absolute atomic E-state index is 13.2. The van der Waals surface area contributed by atoms with Crippen LogP contribution in [0.15, 0.2) is 24.3 Å². The lowest BCUT2D eigenvalue weighted by Crippen LogP contribution is -2.32. The zero-order chi connectivity index (χ0) is 14.1. The lowest BCUT2D eigenvalue weighted by atomic mass is 10.1. The number of rotatable bonds is 9. The molecule has 3 heteroatoms. The van der Waals surface area contributed by atoms with Crippen LogP contribution >= 0.6 is 0 Å². The molecule has 1 N–H and O–H groups in total. The van der Waals surface area contributed by atoms with E-state index in [0.717, 1.165) is 37.8 Å². The van der Waals surface area contributed by atoms with Crippen LogP contribution in [0, 0.1) is 11.7 Å². The van der Waals surface area contributed by atoms with E-state index in [0.29, 0.717) is 0 Å². The van der Waals surface area contributed by atoms with Crippen LogP contribution in [0.5, 0.6) is 0 Å². The number of likely N-dealkylation sites (N-methyl/N-ethyl adjacent to an activating group) is 1. The Morgan fingerprint density at radius 1 is 1.26 bits per heavy atom. The molecule has 0 aliphatic heterocycles. The van der Waals surface area contributed by atoms with Crippen LogP contribution < -0.4 is 10.2 Å². The highest BCUT2D eigenvalue weighted by Crippen LogP contribution is 2.14. The third-order valence-electron chi connectivity index (χ3n) is 3.25. The predicted molar refractivity (Wildman–Crippen MR) is 81.2 cm³/mol. The van der Waals surface area contributed by atoms with E-state index in [1.54, 1.807) is 12.1 Å². The van der Waals surface area contributed by atoms with Gasteiger partial charge in [-0.25, -0.2) is 4.39 Å². The first-order chi connectivity index (χ1) is 9.13. The third-order valence-corrected chi connectivity index (χ3v) is 3.25. The number of halogens is 1. The van der Waals surface area contributed by atoms with Gasteiger partial charge in [0.1, 0.15) is 5.82 Å². The number of hydrogen-bond acceptors (Lipinski definition) is 2. The first-order valence-corrected chi connectivity index (χ1v) is 7.34. The van der Waals surface area contributed by atoms with Crippen molar-refractivity contribution in [3.05, 3.63) is 30.1 Å². The molecule has 0 spiro atoms. The van der Waals surface area contributed by atoms with E-state index in [1.807, 2.05) is 6.07 Å². The van der Waals surface area contributed by atoms with Gasteiger partial charge in [-0.1, -0.05) is 19.9 Å². The molecule has 0 aliphatic carbocycles. The average Bonchev–Trinajstić information content (AvgIpc) is 2.37. The van der Waals surface area contributed by atoms with Gasteiger partial charge in [-0.15, -0.1) is 0 Å². The smallest absolute Gasteiger partial charge is 0.125 e. The summed E-state index contributed by atoms with van der Waals surface area (Å²) in [6.45, 7) is 10.4. The number of nitrogens with one attached hydrogen (secondary N) is 1. The summed E-state index contributed by atoms with van der Waals surface area (Å²) in [6.07, 6.45) is 2.50. The molecule has 0 atom stereocenters. The summed E-state index contributed by atoms with van der Waals surface area (Å²) in [4.78, 5) is 2.19. The first-order valence-electron chi connectivity index (χ1n) is 7.34. The first kappa shape index (κ1) is 16.0. The van der Waals surface area contributed by atoms with Gasteiger partial charge in [0.25, 0.3) is 0 Å². The van der Waals surface area contributed by atoms with Crippen molar-refractivity contribution in [2.24, 2.45) is 5.92 Å². The molecule has 0 unspecified atom stereocenters. The highest BCUT2D eigenvalue weighted by atomic mass is 19.1. The quantitative estimate of drug-likeness (QED) is 0.686. The third kappa shape index (κ3) is 6.58. The minimum absolute atomic E-state index is 0.166. The summed E-state index contributed by atoms with van der Waals surface area (Å²) < 4.78 is 13.2. The van der Waals surface area contributed by atoms with Crippen LogP contribution in [-0.2, 0) is 0 Å². The zero-order valence-electron chi connectivity index (χ0n) is 12.5. The molecule has 0 radical (unpaired) electrons. The molecule has 0 heterocycles. The Morgan fingerprint density at radius 2 is 2.05 bits per heavy atom. The molecule has 2 nitrogen and oxygen atoms in total. The van der Waals surface area contributed by atoms with Crippen molar-refractivity contribution in [1.82, 2.24) is 5.32 Å². The lowest BCUT2D eigenvalue weighted by molar-refractivity contribution is 0.527. The molecule has 1 rings (SSSR count). The topological polar surface area (TPSA) is 15.3 Å². The van der Waals surface area contributed by atoms with Gasteiger partial charge in [0.15, 0.2) is 0 Å². The van der Waals surface area contributed by atoms with Gasteiger partial charge < -0.3 is 10.2 Å². The summed E-state index contributed by atoms with van der Waals surface area (Å²) in [5.41, 5.74) is 0.964. The second-order valence-corrected chi connectivity index (χ2v) is 5.35. The van der Waals surface area contributed by atoms with Gasteiger partial charge >= 0.3 is 0 Å². The minimum atomic E-state index is -0.166. The molecular formula is C16H27FN2. The fourth-order valence-corrected chi connectivity index (χ4v) is 2.12. The molecule has 0 bridgehead atoms. The van der Waals surface area contributed by atoms with E-state index in [2.05, 4.69) is 31.0 Å². The Labute approximate surface area is 117 Å². The number of hydrogen-bond donors (Lipinski definition) is 1. The van der Waals surface area contributed by atoms with Crippen LogP contribution in [0.4, 0.5) is 10.1 Å². The van der Waals surface area contributed by atoms with Crippen LogP contribution in [0.1, 0.15) is 33.6 Å². The van der Waals surface area contributed by atoms with Crippen molar-refractivity contribution in [3.63, 3.8) is 0 Å². The fraction of sp³-hybridized carbons (Fsp3) is 0.625. The summed E-state index contributed by atoms with van der Waals surface area (Å²) >= 11 is 0. The van der Waals surface area contributed by atoms with E-state index >= 15 is 0 Å². The van der Waals surface area contributed by atoms with Crippen LogP contribution in [-0.4, -0.2) is 26.2 Å². The monoisotopic (exact) mass is 266 g/mol. The zero-order valence-corrected chi connectivity index (χ0v) is 12.5. The maximum atomic E-state index is 13.2. The largest absolute Gasteiger partial charge is 0.370 e. The van der Waals surface area contributed by atoms with E-state index < -0.39 is 0 Å². The molecule has 1 aromatic rings. The summed E-state index contributed by atoms with van der Waals surface area (Å²) in [5, 5.41) is 3.45. The second-order valence-electron chi connectivity index (χ2n) is 5.35. The van der Waals surface area contributed by atoms with E-state index in [-0.39, 0.29) is 5.82 Å². The summed E-state index contributed by atoms with van der Waals surface area (Å²) in [5.74, 6) is 0.613. The maximum Gasteiger partial charge on any atom is 0.125 e. The summed E-state index contributed by atoms with van der Waals surface area (Å²) in [6, 6.07) is 6.82. The molecule has 0 saturated carbocycles. The predicted octanol–water partition coefficient (Wildman–Crippen LogP) is 3.68. The van der Waals surface area contributed by atoms with Gasteiger partial charge in [0, 0.05) is 25.3 Å². The number of nitrogens with zero attached hydrogens (tertiary/aromatic N) is 1. The molecule has 0 aliphatic rings. The van der Waals surface area contributed by atoms with Gasteiger partial charge in [0.2, 0.25) is 0 Å². The Morgan fingerprint density at radius 3 is 2.68 bits per heavy atom. The van der Waals surface area contributed by atoms with Crippen molar-refractivity contribution in [3.8, 4) is 0 Å². The molecule has 108 valence electrons. The SMILES string of the molecule is CCN(CCNCCCC(C)C)c1cccc(F)c1. The van der Waals surface area contributed by atoms with Crippen molar-refractivity contribution in [1.29, 1.82) is 0 Å². The van der Waals surface area contributed by atoms with Gasteiger partial charge in [0.05, 0.1) is 0 Å². The highest BCUT2D eigenvalue weighted by molar-refractivity contribution is 5.46. The molecule has 1 aromatic carbocycles. The molecule has 0 amide bonds. The van der Waals surface area contributed by atoms with Crippen LogP contribution in [0.3, 0.4) is 0 Å². The van der Waals surface area contributed by atoms with Crippen LogP contribution in [0.25, 0.3) is 0 Å². The van der Waals surface area contributed by atoms with Gasteiger partial charge in [-0.05, 0) is 50.4 Å². The normalized spacial score (nSPS) is 11.0. The van der Waals surface area contributed by atoms with Crippen LogP contribution in [0.2, 0.25) is 0 Å². The van der Waals surface area contributed by atoms with E-state index in [9.17, 15) is 4.39 Å². The second kappa shape index (κ2) is 8.92. The molecule has 19 heavy (non-hydrogen) atoms. The van der Waals surface area contributed by atoms with Crippen molar-refractivity contribution < 1.29 is 4.39 Å². The Hall–Kier alpha value is -1.09. The van der Waals surface area contributed by atoms with Gasteiger partial charge in [-0.3, -0.25) is 0 Å². The van der Waals surface area contributed by atoms with E-state index in [1.165, 1.54) is 18.9 Å². The van der Waals surface area contributed by atoms with Crippen molar-refractivity contribution in [2.45, 2.75) is 33.6 Å². The summed E-state index contributed by atoms with van der Waals surface area (Å²) in [7, 11) is 0. The molecule has 0 fully saturated rings. The average molecular weight is 266 g/mol. The molecular weight excluding hydrogens is 239 g/mol. The van der Waals surface area contributed by atoms with Gasteiger partial charge in [-0.2, -0.15) is 0 Å². The van der Waals surface area contributed by atoms with Crippen molar-refractivity contribution >= 4 is 5.69 Å². The standard InChI is InChI=1S/C16H27FN2/c1-4-19(16-9-5-8-15(17)13-16)12-11-18-10-6-7-14(2)3/h5,8-9,13-14,18H,4,6-7,10-12H2,1-3H3. The number of benzene rings is 1. The highest BCUT2D eigenvalue weighted by Gasteiger charge is 2.04.